The van der Waals surface area contributed by atoms with Crippen molar-refractivity contribution in [2.45, 2.75) is 6.54 Å². The molecule has 4 nitrogen and oxygen atoms in total. The van der Waals surface area contributed by atoms with E-state index in [-0.39, 0.29) is 0 Å². The van der Waals surface area contributed by atoms with Crippen LogP contribution in [0.1, 0.15) is 5.56 Å². The quantitative estimate of drug-likeness (QED) is 0.732. The summed E-state index contributed by atoms with van der Waals surface area (Å²) in [7, 11) is 1.68. The van der Waals surface area contributed by atoms with Crippen LogP contribution in [0, 0.1) is 0 Å². The molecule has 1 aromatic heterocycles. The Morgan fingerprint density at radius 2 is 1.78 bits per heavy atom. The number of hydrogen-bond donors (Lipinski definition) is 0. The number of rotatable bonds is 4. The highest BCUT2D eigenvalue weighted by Gasteiger charge is 2.13. The smallest absolute Gasteiger partial charge is 0.231 e. The fourth-order valence-electron chi connectivity index (χ4n) is 2.74. The molecule has 0 fully saturated rings. The maximum Gasteiger partial charge on any atom is 0.231 e. The Kier molecular flexibility index (Phi) is 3.42. The van der Waals surface area contributed by atoms with Gasteiger partial charge in [-0.15, -0.1) is 0 Å². The van der Waals surface area contributed by atoms with Crippen molar-refractivity contribution in [1.82, 2.24) is 4.57 Å². The topological polar surface area (TPSA) is 32.6 Å². The summed E-state index contributed by atoms with van der Waals surface area (Å²) in [5.41, 5.74) is 3.55. The summed E-state index contributed by atoms with van der Waals surface area (Å²) in [4.78, 5) is 0. The van der Waals surface area contributed by atoms with Crippen molar-refractivity contribution in [3.05, 3.63) is 66.5 Å². The maximum absolute atomic E-state index is 5.43. The molecule has 0 spiro atoms. The zero-order valence-electron chi connectivity index (χ0n) is 12.9. The monoisotopic (exact) mass is 307 g/mol. The Hall–Kier alpha value is -2.88. The number of benzene rings is 2. The van der Waals surface area contributed by atoms with Crippen LogP contribution in [0.5, 0.6) is 17.2 Å². The molecule has 0 bridgehead atoms. The molecule has 0 unspecified atom stereocenters. The molecule has 23 heavy (non-hydrogen) atoms. The molecule has 0 radical (unpaired) electrons. The first kappa shape index (κ1) is 13.8. The number of aromatic nitrogens is 1. The van der Waals surface area contributed by atoms with Crippen molar-refractivity contribution in [1.29, 1.82) is 0 Å². The van der Waals surface area contributed by atoms with E-state index >= 15 is 0 Å². The van der Waals surface area contributed by atoms with E-state index in [1.54, 1.807) is 7.11 Å². The van der Waals surface area contributed by atoms with Crippen LogP contribution in [-0.4, -0.2) is 18.5 Å². The van der Waals surface area contributed by atoms with Crippen molar-refractivity contribution in [3.63, 3.8) is 0 Å². The van der Waals surface area contributed by atoms with E-state index in [0.717, 1.165) is 23.8 Å². The molecule has 0 atom stereocenters. The Morgan fingerprint density at radius 3 is 2.61 bits per heavy atom. The van der Waals surface area contributed by atoms with Crippen molar-refractivity contribution in [2.75, 3.05) is 13.9 Å². The third-order valence-electron chi connectivity index (χ3n) is 3.98. The molecular formula is C19H17NO3. The van der Waals surface area contributed by atoms with E-state index in [2.05, 4.69) is 41.2 Å². The number of methoxy groups -OCH3 is 1. The second-order valence-corrected chi connectivity index (χ2v) is 5.49. The predicted octanol–water partition coefficient (Wildman–Crippen LogP) is 3.94. The molecule has 0 amide bonds. The van der Waals surface area contributed by atoms with E-state index in [1.165, 1.54) is 16.7 Å². The molecule has 0 saturated carbocycles. The van der Waals surface area contributed by atoms with Crippen LogP contribution in [0.15, 0.2) is 60.9 Å². The van der Waals surface area contributed by atoms with E-state index in [1.807, 2.05) is 24.3 Å². The summed E-state index contributed by atoms with van der Waals surface area (Å²) in [5, 5.41) is 0. The van der Waals surface area contributed by atoms with Gasteiger partial charge in [0.15, 0.2) is 11.5 Å². The summed E-state index contributed by atoms with van der Waals surface area (Å²) in [6.45, 7) is 1.11. The van der Waals surface area contributed by atoms with Gasteiger partial charge in [0, 0.05) is 18.9 Å². The fourth-order valence-corrected chi connectivity index (χ4v) is 2.74. The molecule has 0 aliphatic carbocycles. The lowest BCUT2D eigenvalue weighted by atomic mass is 10.1. The fraction of sp³-hybridized carbons (Fsp3) is 0.158. The third-order valence-corrected chi connectivity index (χ3v) is 3.98. The summed E-state index contributed by atoms with van der Waals surface area (Å²) in [6.07, 6.45) is 4.23. The Labute approximate surface area is 134 Å². The third kappa shape index (κ3) is 2.75. The Morgan fingerprint density at radius 1 is 0.957 bits per heavy atom. The molecule has 2 aromatic carbocycles. The minimum atomic E-state index is 0.309. The summed E-state index contributed by atoms with van der Waals surface area (Å²) >= 11 is 0. The second-order valence-electron chi connectivity index (χ2n) is 5.49. The van der Waals surface area contributed by atoms with Crippen molar-refractivity contribution >= 4 is 0 Å². The standard InChI is InChI=1S/C19H17NO3/c1-21-17-5-3-15(4-6-17)16-8-9-20(12-16)11-14-2-7-18-19(10-14)23-13-22-18/h2-10,12H,11,13H2,1H3. The molecule has 4 rings (SSSR count). The Balaban J connectivity index is 1.53. The number of hydrogen-bond acceptors (Lipinski definition) is 3. The van der Waals surface area contributed by atoms with Gasteiger partial charge in [-0.1, -0.05) is 18.2 Å². The van der Waals surface area contributed by atoms with Gasteiger partial charge in [0.25, 0.3) is 0 Å². The van der Waals surface area contributed by atoms with Crippen molar-refractivity contribution in [3.8, 4) is 28.4 Å². The Bertz CT molecular complexity index is 821. The van der Waals surface area contributed by atoms with Crippen LogP contribution in [0.2, 0.25) is 0 Å². The van der Waals surface area contributed by atoms with E-state index < -0.39 is 0 Å². The van der Waals surface area contributed by atoms with Crippen molar-refractivity contribution in [2.24, 2.45) is 0 Å². The van der Waals surface area contributed by atoms with E-state index in [0.29, 0.717) is 6.79 Å². The van der Waals surface area contributed by atoms with Gasteiger partial charge in [-0.3, -0.25) is 0 Å². The average molecular weight is 307 g/mol. The second kappa shape index (κ2) is 5.72. The van der Waals surface area contributed by atoms with Crippen LogP contribution in [-0.2, 0) is 6.54 Å². The number of nitrogens with zero attached hydrogens (tertiary/aromatic N) is 1. The predicted molar refractivity (Wildman–Crippen MR) is 88.1 cm³/mol. The zero-order chi connectivity index (χ0) is 15.6. The van der Waals surface area contributed by atoms with Gasteiger partial charge in [-0.25, -0.2) is 0 Å². The van der Waals surface area contributed by atoms with E-state index in [9.17, 15) is 0 Å². The van der Waals surface area contributed by atoms with Gasteiger partial charge < -0.3 is 18.8 Å². The highest BCUT2D eigenvalue weighted by Crippen LogP contribution is 2.33. The number of ether oxygens (including phenoxy) is 3. The summed E-state index contributed by atoms with van der Waals surface area (Å²) in [6, 6.07) is 16.3. The molecule has 2 heterocycles. The van der Waals surface area contributed by atoms with Gasteiger partial charge >= 0.3 is 0 Å². The molecule has 1 aliphatic rings. The molecule has 1 aliphatic heterocycles. The van der Waals surface area contributed by atoms with Gasteiger partial charge in [0.1, 0.15) is 5.75 Å². The molecule has 4 heteroatoms. The largest absolute Gasteiger partial charge is 0.497 e. The molecule has 116 valence electrons. The highest BCUT2D eigenvalue weighted by molar-refractivity contribution is 5.63. The van der Waals surface area contributed by atoms with Gasteiger partial charge in [0.05, 0.1) is 7.11 Å². The minimum Gasteiger partial charge on any atom is -0.497 e. The van der Waals surface area contributed by atoms with Crippen LogP contribution < -0.4 is 14.2 Å². The molecule has 3 aromatic rings. The van der Waals surface area contributed by atoms with Crippen LogP contribution in [0.25, 0.3) is 11.1 Å². The van der Waals surface area contributed by atoms with Gasteiger partial charge in [0.2, 0.25) is 6.79 Å². The zero-order valence-corrected chi connectivity index (χ0v) is 12.9. The SMILES string of the molecule is COc1ccc(-c2ccn(Cc3ccc4c(c3)OCO4)c2)cc1. The van der Waals surface area contributed by atoms with Gasteiger partial charge in [-0.2, -0.15) is 0 Å². The number of fused-ring (bicyclic) bond motifs is 1. The summed E-state index contributed by atoms with van der Waals surface area (Å²) in [5.74, 6) is 2.51. The lowest BCUT2D eigenvalue weighted by Crippen LogP contribution is -1.96. The lowest BCUT2D eigenvalue weighted by Gasteiger charge is -2.05. The van der Waals surface area contributed by atoms with Crippen LogP contribution in [0.3, 0.4) is 0 Å². The van der Waals surface area contributed by atoms with Gasteiger partial charge in [-0.05, 0) is 47.0 Å². The minimum absolute atomic E-state index is 0.309. The normalized spacial score (nSPS) is 12.4. The van der Waals surface area contributed by atoms with Crippen LogP contribution >= 0.6 is 0 Å². The first-order valence-corrected chi connectivity index (χ1v) is 7.50. The van der Waals surface area contributed by atoms with Crippen LogP contribution in [0.4, 0.5) is 0 Å². The highest BCUT2D eigenvalue weighted by atomic mass is 16.7. The molecule has 0 saturated heterocycles. The first-order valence-electron chi connectivity index (χ1n) is 7.50. The van der Waals surface area contributed by atoms with E-state index in [4.69, 9.17) is 14.2 Å². The lowest BCUT2D eigenvalue weighted by molar-refractivity contribution is 0.174. The molecular weight excluding hydrogens is 290 g/mol. The first-order chi connectivity index (χ1) is 11.3. The maximum atomic E-state index is 5.43. The summed E-state index contributed by atoms with van der Waals surface area (Å²) < 4.78 is 18.1. The molecule has 0 N–H and O–H groups in total. The average Bonchev–Trinajstić information content (AvgIpc) is 3.24. The van der Waals surface area contributed by atoms with Crippen molar-refractivity contribution < 1.29 is 14.2 Å².